The van der Waals surface area contributed by atoms with Gasteiger partial charge in [0, 0.05) is 11.1 Å². The lowest BCUT2D eigenvalue weighted by atomic mass is 10.1. The van der Waals surface area contributed by atoms with Crippen LogP contribution in [0.4, 0.5) is 0 Å². The fourth-order valence-electron chi connectivity index (χ4n) is 2.15. The van der Waals surface area contributed by atoms with Crippen LogP contribution < -0.4 is 0 Å². The molecule has 102 valence electrons. The number of rotatable bonds is 3. The summed E-state index contributed by atoms with van der Waals surface area (Å²) < 4.78 is 0. The molecule has 0 spiro atoms. The van der Waals surface area contributed by atoms with Gasteiger partial charge < -0.3 is 0 Å². The first-order valence-electron chi connectivity index (χ1n) is 6.90. The Morgan fingerprint density at radius 3 is 1.57 bits per heavy atom. The molecule has 3 aromatic rings. The monoisotopic (exact) mass is 272 g/mol. The molecule has 0 aliphatic carbocycles. The number of hydrogen-bond donors (Lipinski definition) is 0. The first-order valence-corrected chi connectivity index (χ1v) is 6.90. The quantitative estimate of drug-likeness (QED) is 0.681. The van der Waals surface area contributed by atoms with Crippen LogP contribution in [0, 0.1) is 0 Å². The van der Waals surface area contributed by atoms with Crippen molar-refractivity contribution < 1.29 is 0 Å². The highest BCUT2D eigenvalue weighted by molar-refractivity contribution is 5.70. The van der Waals surface area contributed by atoms with Gasteiger partial charge in [-0.25, -0.2) is 9.97 Å². The van der Waals surface area contributed by atoms with Crippen LogP contribution >= 0.6 is 0 Å². The molecule has 0 fully saturated rings. The number of benzene rings is 2. The second kappa shape index (κ2) is 5.71. The van der Waals surface area contributed by atoms with E-state index in [0.717, 1.165) is 28.1 Å². The molecule has 2 nitrogen and oxygen atoms in total. The van der Waals surface area contributed by atoms with E-state index in [1.54, 1.807) is 0 Å². The van der Waals surface area contributed by atoms with Gasteiger partial charge in [0.1, 0.15) is 0 Å². The van der Waals surface area contributed by atoms with Crippen LogP contribution in [0.1, 0.15) is 12.7 Å². The first kappa shape index (κ1) is 13.3. The first-order chi connectivity index (χ1) is 10.2. The minimum Gasteiger partial charge on any atom is -0.228 e. The van der Waals surface area contributed by atoms with Gasteiger partial charge in [-0.2, -0.15) is 0 Å². The van der Waals surface area contributed by atoms with Gasteiger partial charge in [-0.3, -0.25) is 0 Å². The number of aromatic nitrogens is 2. The molecule has 0 atom stereocenters. The van der Waals surface area contributed by atoms with Crippen LogP contribution in [0.3, 0.4) is 0 Å². The molecule has 3 rings (SSSR count). The summed E-state index contributed by atoms with van der Waals surface area (Å²) in [6.45, 7) is 5.90. The van der Waals surface area contributed by atoms with E-state index in [1.807, 2.05) is 49.4 Å². The molecule has 0 radical (unpaired) electrons. The van der Waals surface area contributed by atoms with Crippen molar-refractivity contribution in [1.29, 1.82) is 0 Å². The Balaban J connectivity index is 2.18. The molecular formula is C19H16N2. The average Bonchev–Trinajstić information content (AvgIpc) is 2.56. The largest absolute Gasteiger partial charge is 0.228 e. The van der Waals surface area contributed by atoms with Crippen LogP contribution in [0.25, 0.3) is 28.1 Å². The van der Waals surface area contributed by atoms with Crippen LogP contribution in [0.15, 0.2) is 73.3 Å². The highest BCUT2D eigenvalue weighted by Crippen LogP contribution is 2.25. The lowest BCUT2D eigenvalue weighted by Gasteiger charge is -2.08. The molecular weight excluding hydrogens is 256 g/mol. The summed E-state index contributed by atoms with van der Waals surface area (Å²) in [5.74, 6) is 0.690. The molecule has 0 amide bonds. The van der Waals surface area contributed by atoms with Crippen molar-refractivity contribution in [1.82, 2.24) is 9.97 Å². The Bertz CT molecular complexity index is 704. The number of allylic oxidation sites excluding steroid dienone is 1. The Kier molecular flexibility index (Phi) is 3.61. The zero-order valence-electron chi connectivity index (χ0n) is 12.0. The summed E-state index contributed by atoms with van der Waals surface area (Å²) >= 11 is 0. The Labute approximate surface area is 124 Å². The fraction of sp³-hybridized carbons (Fsp3) is 0.0526. The third kappa shape index (κ3) is 2.90. The summed E-state index contributed by atoms with van der Waals surface area (Å²) in [4.78, 5) is 9.24. The van der Waals surface area contributed by atoms with Crippen molar-refractivity contribution in [2.45, 2.75) is 6.92 Å². The highest BCUT2D eigenvalue weighted by atomic mass is 14.9. The molecule has 0 aliphatic rings. The highest BCUT2D eigenvalue weighted by Gasteiger charge is 2.08. The zero-order valence-corrected chi connectivity index (χ0v) is 12.0. The van der Waals surface area contributed by atoms with Gasteiger partial charge in [0.2, 0.25) is 0 Å². The van der Waals surface area contributed by atoms with Gasteiger partial charge in [-0.1, -0.05) is 67.2 Å². The second-order valence-electron chi connectivity index (χ2n) is 4.97. The minimum absolute atomic E-state index is 0.690. The predicted molar refractivity (Wildman–Crippen MR) is 87.6 cm³/mol. The van der Waals surface area contributed by atoms with Crippen molar-refractivity contribution >= 4 is 5.57 Å². The van der Waals surface area contributed by atoms with E-state index in [1.165, 1.54) is 0 Å². The van der Waals surface area contributed by atoms with Gasteiger partial charge >= 0.3 is 0 Å². The Hall–Kier alpha value is -2.74. The van der Waals surface area contributed by atoms with Crippen molar-refractivity contribution in [2.24, 2.45) is 0 Å². The third-order valence-corrected chi connectivity index (χ3v) is 3.25. The number of hydrogen-bond acceptors (Lipinski definition) is 2. The van der Waals surface area contributed by atoms with Crippen LogP contribution in [-0.2, 0) is 0 Å². The summed E-state index contributed by atoms with van der Waals surface area (Å²) in [5, 5.41) is 0. The van der Waals surface area contributed by atoms with Crippen molar-refractivity contribution in [3.8, 4) is 22.5 Å². The predicted octanol–water partition coefficient (Wildman–Crippen LogP) is 4.84. The Morgan fingerprint density at radius 1 is 0.762 bits per heavy atom. The zero-order chi connectivity index (χ0) is 14.7. The van der Waals surface area contributed by atoms with Gasteiger partial charge in [-0.05, 0) is 18.6 Å². The molecule has 0 bridgehead atoms. The molecule has 0 saturated carbocycles. The van der Waals surface area contributed by atoms with E-state index < -0.39 is 0 Å². The number of nitrogens with zero attached hydrogens (tertiary/aromatic N) is 2. The van der Waals surface area contributed by atoms with Gasteiger partial charge in [0.15, 0.2) is 5.82 Å². The van der Waals surface area contributed by atoms with Crippen LogP contribution in [-0.4, -0.2) is 9.97 Å². The normalized spacial score (nSPS) is 10.3. The van der Waals surface area contributed by atoms with E-state index in [-0.39, 0.29) is 0 Å². The summed E-state index contributed by atoms with van der Waals surface area (Å²) in [6, 6.07) is 22.3. The van der Waals surface area contributed by atoms with Crippen LogP contribution in [0.5, 0.6) is 0 Å². The minimum atomic E-state index is 0.690. The van der Waals surface area contributed by atoms with E-state index in [0.29, 0.717) is 5.82 Å². The lowest BCUT2D eigenvalue weighted by molar-refractivity contribution is 1.12. The lowest BCUT2D eigenvalue weighted by Crippen LogP contribution is -1.97. The maximum atomic E-state index is 4.62. The smallest absolute Gasteiger partial charge is 0.155 e. The standard InChI is InChI=1S/C19H16N2/c1-14(2)19-20-17(15-9-5-3-6-10-15)13-18(21-19)16-11-7-4-8-12-16/h3-13H,1H2,2H3. The van der Waals surface area contributed by atoms with Gasteiger partial charge in [-0.15, -0.1) is 0 Å². The molecule has 21 heavy (non-hydrogen) atoms. The van der Waals surface area contributed by atoms with E-state index >= 15 is 0 Å². The molecule has 0 saturated heterocycles. The van der Waals surface area contributed by atoms with E-state index in [2.05, 4.69) is 40.8 Å². The van der Waals surface area contributed by atoms with Crippen molar-refractivity contribution in [3.63, 3.8) is 0 Å². The molecule has 1 heterocycles. The maximum absolute atomic E-state index is 4.62. The van der Waals surface area contributed by atoms with Crippen molar-refractivity contribution in [2.75, 3.05) is 0 Å². The second-order valence-corrected chi connectivity index (χ2v) is 4.97. The maximum Gasteiger partial charge on any atom is 0.155 e. The molecule has 0 aliphatic heterocycles. The topological polar surface area (TPSA) is 25.8 Å². The Morgan fingerprint density at radius 2 is 1.19 bits per heavy atom. The molecule has 2 aromatic carbocycles. The summed E-state index contributed by atoms with van der Waals surface area (Å²) in [6.07, 6.45) is 0. The summed E-state index contributed by atoms with van der Waals surface area (Å²) in [5.41, 5.74) is 4.87. The van der Waals surface area contributed by atoms with Crippen LogP contribution in [0.2, 0.25) is 0 Å². The van der Waals surface area contributed by atoms with E-state index in [9.17, 15) is 0 Å². The molecule has 2 heteroatoms. The molecule has 1 aromatic heterocycles. The fourth-order valence-corrected chi connectivity index (χ4v) is 2.15. The molecule has 0 N–H and O–H groups in total. The SMILES string of the molecule is C=C(C)c1nc(-c2ccccc2)cc(-c2ccccc2)n1. The third-order valence-electron chi connectivity index (χ3n) is 3.25. The van der Waals surface area contributed by atoms with Crippen molar-refractivity contribution in [3.05, 3.63) is 79.1 Å². The average molecular weight is 272 g/mol. The van der Waals surface area contributed by atoms with E-state index in [4.69, 9.17) is 0 Å². The van der Waals surface area contributed by atoms with Gasteiger partial charge in [0.25, 0.3) is 0 Å². The molecule has 0 unspecified atom stereocenters. The summed E-state index contributed by atoms with van der Waals surface area (Å²) in [7, 11) is 0. The van der Waals surface area contributed by atoms with Gasteiger partial charge in [0.05, 0.1) is 11.4 Å².